The molecule has 4 nitrogen and oxygen atoms in total. The van der Waals surface area contributed by atoms with E-state index >= 15 is 0 Å². The Kier molecular flexibility index (Phi) is 3.89. The summed E-state index contributed by atoms with van der Waals surface area (Å²) >= 11 is 0. The van der Waals surface area contributed by atoms with Crippen LogP contribution in [0.4, 0.5) is 13.2 Å². The molecule has 2 heterocycles. The Labute approximate surface area is 137 Å². The molecule has 0 aliphatic carbocycles. The number of halogens is 3. The first-order valence-electron chi connectivity index (χ1n) is 7.65. The van der Waals surface area contributed by atoms with Crippen molar-refractivity contribution in [3.8, 4) is 0 Å². The van der Waals surface area contributed by atoms with Gasteiger partial charge in [-0.05, 0) is 11.0 Å². The number of hydrogen-bond donors (Lipinski definition) is 1. The van der Waals surface area contributed by atoms with Gasteiger partial charge in [0.05, 0.1) is 0 Å². The number of aromatic amines is 1. The maximum absolute atomic E-state index is 12.7. The molecule has 0 radical (unpaired) electrons. The lowest BCUT2D eigenvalue weighted by Gasteiger charge is -2.25. The summed E-state index contributed by atoms with van der Waals surface area (Å²) in [6.07, 6.45) is -4.54. The minimum atomic E-state index is -4.54. The number of H-pyrrole nitrogens is 1. The monoisotopic (exact) mass is 337 g/mol. The first-order chi connectivity index (χ1) is 11.2. The molecule has 1 saturated heterocycles. The van der Waals surface area contributed by atoms with Crippen LogP contribution in [0.5, 0.6) is 0 Å². The first-order valence-corrected chi connectivity index (χ1v) is 7.65. The number of nitrogens with one attached hydrogen (secondary N) is 1. The molecule has 0 spiro atoms. The third-order valence-corrected chi connectivity index (χ3v) is 4.54. The average molecular weight is 337 g/mol. The van der Waals surface area contributed by atoms with Crippen LogP contribution >= 0.6 is 0 Å². The second kappa shape index (κ2) is 5.65. The quantitative estimate of drug-likeness (QED) is 0.908. The number of hydrogen-bond acceptors (Lipinski definition) is 2. The molecule has 2 aromatic rings. The maximum Gasteiger partial charge on any atom is 0.432 e. The van der Waals surface area contributed by atoms with Gasteiger partial charge < -0.3 is 4.90 Å². The molecule has 1 amide bonds. The normalized spacial score (nSPS) is 20.4. The zero-order valence-corrected chi connectivity index (χ0v) is 13.4. The van der Waals surface area contributed by atoms with Crippen LogP contribution in [0.15, 0.2) is 36.4 Å². The Bertz CT molecular complexity index is 737. The first kappa shape index (κ1) is 16.5. The highest BCUT2D eigenvalue weighted by Gasteiger charge is 2.43. The standard InChI is InChI=1S/C17H18F3N3O/c1-16(2)10-23(9-12(16)11-6-4-3-5-7-11)15(24)13-8-14(22-21-13)17(18,19)20/h3-8,12H,9-10H2,1-2H3,(H,21,22). The second-order valence-corrected chi connectivity index (χ2v) is 6.80. The predicted molar refractivity (Wildman–Crippen MR) is 82.5 cm³/mol. The summed E-state index contributed by atoms with van der Waals surface area (Å²) in [5.74, 6) is -0.350. The number of benzene rings is 1. The van der Waals surface area contributed by atoms with Gasteiger partial charge in [0.15, 0.2) is 5.69 Å². The molecule has 1 aromatic carbocycles. The number of likely N-dealkylation sites (tertiary alicyclic amines) is 1. The van der Waals surface area contributed by atoms with Gasteiger partial charge in [0, 0.05) is 25.1 Å². The molecule has 1 fully saturated rings. The van der Waals surface area contributed by atoms with Crippen molar-refractivity contribution >= 4 is 5.91 Å². The number of alkyl halides is 3. The zero-order valence-electron chi connectivity index (χ0n) is 13.4. The number of amides is 1. The summed E-state index contributed by atoms with van der Waals surface area (Å²) in [6, 6.07) is 10.6. The van der Waals surface area contributed by atoms with E-state index in [9.17, 15) is 18.0 Å². The molecule has 1 unspecified atom stereocenters. The predicted octanol–water partition coefficient (Wildman–Crippen LogP) is 3.69. The summed E-state index contributed by atoms with van der Waals surface area (Å²) < 4.78 is 38.0. The van der Waals surface area contributed by atoms with Crippen LogP contribution in [-0.2, 0) is 6.18 Å². The van der Waals surface area contributed by atoms with Gasteiger partial charge in [-0.25, -0.2) is 0 Å². The van der Waals surface area contributed by atoms with Crippen molar-refractivity contribution in [2.45, 2.75) is 25.9 Å². The number of rotatable bonds is 2. The zero-order chi connectivity index (χ0) is 17.5. The summed E-state index contributed by atoms with van der Waals surface area (Å²) in [4.78, 5) is 14.1. The molecule has 128 valence electrons. The fraction of sp³-hybridized carbons (Fsp3) is 0.412. The van der Waals surface area contributed by atoms with Crippen molar-refractivity contribution in [2.75, 3.05) is 13.1 Å². The number of carbonyl (C=O) groups is 1. The Hall–Kier alpha value is -2.31. The van der Waals surface area contributed by atoms with E-state index in [1.54, 1.807) is 4.90 Å². The third kappa shape index (κ3) is 3.02. The van der Waals surface area contributed by atoms with E-state index in [1.807, 2.05) is 35.4 Å². The van der Waals surface area contributed by atoms with E-state index in [0.717, 1.165) is 11.6 Å². The van der Waals surface area contributed by atoms with Gasteiger partial charge in [0.2, 0.25) is 0 Å². The van der Waals surface area contributed by atoms with E-state index in [0.29, 0.717) is 13.1 Å². The molecule has 1 N–H and O–H groups in total. The molecule has 1 aliphatic rings. The van der Waals surface area contributed by atoms with Gasteiger partial charge in [-0.15, -0.1) is 0 Å². The lowest BCUT2D eigenvalue weighted by Crippen LogP contribution is -2.30. The van der Waals surface area contributed by atoms with Crippen LogP contribution in [0, 0.1) is 5.41 Å². The van der Waals surface area contributed by atoms with E-state index in [4.69, 9.17) is 0 Å². The van der Waals surface area contributed by atoms with Crippen LogP contribution in [0.1, 0.15) is 41.5 Å². The molecule has 0 saturated carbocycles. The van der Waals surface area contributed by atoms with Crippen LogP contribution in [-0.4, -0.2) is 34.1 Å². The van der Waals surface area contributed by atoms with Crippen LogP contribution in [0.2, 0.25) is 0 Å². The Balaban J connectivity index is 1.81. The second-order valence-electron chi connectivity index (χ2n) is 6.80. The van der Waals surface area contributed by atoms with Crippen molar-refractivity contribution < 1.29 is 18.0 Å². The van der Waals surface area contributed by atoms with Crippen molar-refractivity contribution in [3.63, 3.8) is 0 Å². The molecule has 24 heavy (non-hydrogen) atoms. The molecule has 7 heteroatoms. The van der Waals surface area contributed by atoms with E-state index in [2.05, 4.69) is 18.9 Å². The summed E-state index contributed by atoms with van der Waals surface area (Å²) in [7, 11) is 0. The van der Waals surface area contributed by atoms with Gasteiger partial charge in [-0.3, -0.25) is 9.89 Å². The highest BCUT2D eigenvalue weighted by atomic mass is 19.4. The van der Waals surface area contributed by atoms with Crippen molar-refractivity contribution in [1.29, 1.82) is 0 Å². The van der Waals surface area contributed by atoms with E-state index < -0.39 is 17.8 Å². The number of nitrogens with zero attached hydrogens (tertiary/aromatic N) is 2. The molecule has 1 aromatic heterocycles. The molecular weight excluding hydrogens is 319 g/mol. The minimum Gasteiger partial charge on any atom is -0.336 e. The van der Waals surface area contributed by atoms with E-state index in [1.165, 1.54) is 0 Å². The largest absolute Gasteiger partial charge is 0.432 e. The highest BCUT2D eigenvalue weighted by molar-refractivity contribution is 5.92. The molecule has 1 atom stereocenters. The van der Waals surface area contributed by atoms with Crippen LogP contribution < -0.4 is 0 Å². The Morgan fingerprint density at radius 2 is 1.96 bits per heavy atom. The van der Waals surface area contributed by atoms with Crippen LogP contribution in [0.25, 0.3) is 0 Å². The van der Waals surface area contributed by atoms with Crippen LogP contribution in [0.3, 0.4) is 0 Å². The van der Waals surface area contributed by atoms with Gasteiger partial charge in [-0.1, -0.05) is 44.2 Å². The van der Waals surface area contributed by atoms with Gasteiger partial charge in [0.25, 0.3) is 5.91 Å². The Morgan fingerprint density at radius 3 is 2.54 bits per heavy atom. The highest BCUT2D eigenvalue weighted by Crippen LogP contribution is 2.42. The topological polar surface area (TPSA) is 49.0 Å². The minimum absolute atomic E-state index is 0.128. The number of carbonyl (C=O) groups excluding carboxylic acids is 1. The third-order valence-electron chi connectivity index (χ3n) is 4.54. The lowest BCUT2D eigenvalue weighted by atomic mass is 9.78. The molecular formula is C17H18F3N3O. The summed E-state index contributed by atoms with van der Waals surface area (Å²) in [5, 5.41) is 5.43. The van der Waals surface area contributed by atoms with Crippen molar-refractivity contribution in [2.24, 2.45) is 5.41 Å². The summed E-state index contributed by atoms with van der Waals surface area (Å²) in [6.45, 7) is 5.05. The van der Waals surface area contributed by atoms with Crippen molar-refractivity contribution in [1.82, 2.24) is 15.1 Å². The summed E-state index contributed by atoms with van der Waals surface area (Å²) in [5.41, 5.74) is -0.258. The Morgan fingerprint density at radius 1 is 1.29 bits per heavy atom. The van der Waals surface area contributed by atoms with Gasteiger partial charge in [0.1, 0.15) is 5.69 Å². The maximum atomic E-state index is 12.7. The average Bonchev–Trinajstić information content (AvgIpc) is 3.11. The van der Waals surface area contributed by atoms with Gasteiger partial charge in [-0.2, -0.15) is 18.3 Å². The van der Waals surface area contributed by atoms with Gasteiger partial charge >= 0.3 is 6.18 Å². The molecule has 3 rings (SSSR count). The molecule has 0 bridgehead atoms. The fourth-order valence-corrected chi connectivity index (χ4v) is 3.27. The lowest BCUT2D eigenvalue weighted by molar-refractivity contribution is -0.141. The SMILES string of the molecule is CC1(C)CN(C(=O)c2cc(C(F)(F)F)[nH]n2)CC1c1ccccc1. The smallest absolute Gasteiger partial charge is 0.336 e. The van der Waals surface area contributed by atoms with Crippen molar-refractivity contribution in [3.05, 3.63) is 53.3 Å². The fourth-order valence-electron chi connectivity index (χ4n) is 3.27. The number of aromatic nitrogens is 2. The molecule has 1 aliphatic heterocycles. The van der Waals surface area contributed by atoms with E-state index in [-0.39, 0.29) is 17.0 Å².